The Labute approximate surface area is 137 Å². The van der Waals surface area contributed by atoms with Gasteiger partial charge in [0.25, 0.3) is 5.91 Å². The summed E-state index contributed by atoms with van der Waals surface area (Å²) in [5, 5.41) is 5.46. The van der Waals surface area contributed by atoms with E-state index in [-0.39, 0.29) is 24.8 Å². The number of rotatable bonds is 5. The molecular formula is C16H16BrN3O2. The minimum absolute atomic E-state index is 0.148. The van der Waals surface area contributed by atoms with Crippen molar-refractivity contribution in [2.24, 2.45) is 0 Å². The number of carbonyl (C=O) groups excluding carboxylic acids is 2. The van der Waals surface area contributed by atoms with Gasteiger partial charge in [0.1, 0.15) is 0 Å². The van der Waals surface area contributed by atoms with Gasteiger partial charge in [0, 0.05) is 35.0 Å². The molecule has 0 saturated carbocycles. The van der Waals surface area contributed by atoms with Crippen molar-refractivity contribution >= 4 is 33.4 Å². The van der Waals surface area contributed by atoms with Crippen molar-refractivity contribution < 1.29 is 9.59 Å². The number of benzene rings is 1. The second-order valence-corrected chi connectivity index (χ2v) is 5.66. The maximum atomic E-state index is 11.8. The van der Waals surface area contributed by atoms with Crippen molar-refractivity contribution in [1.82, 2.24) is 10.3 Å². The van der Waals surface area contributed by atoms with Crippen LogP contribution < -0.4 is 10.6 Å². The van der Waals surface area contributed by atoms with E-state index in [1.807, 2.05) is 19.1 Å². The fraction of sp³-hybridized carbons (Fsp3) is 0.188. The first-order valence-corrected chi connectivity index (χ1v) is 7.60. The molecule has 0 bridgehead atoms. The van der Waals surface area contributed by atoms with Gasteiger partial charge >= 0.3 is 0 Å². The molecule has 5 nitrogen and oxygen atoms in total. The van der Waals surface area contributed by atoms with Crippen LogP contribution in [0.25, 0.3) is 0 Å². The largest absolute Gasteiger partial charge is 0.351 e. The molecule has 2 amide bonds. The Morgan fingerprint density at radius 1 is 1.14 bits per heavy atom. The van der Waals surface area contributed by atoms with Gasteiger partial charge < -0.3 is 10.6 Å². The van der Waals surface area contributed by atoms with Crippen molar-refractivity contribution in [3.63, 3.8) is 0 Å². The number of aryl methyl sites for hydroxylation is 1. The van der Waals surface area contributed by atoms with Crippen LogP contribution in [0.5, 0.6) is 0 Å². The van der Waals surface area contributed by atoms with Gasteiger partial charge in [-0.1, -0.05) is 15.9 Å². The number of anilines is 1. The molecule has 0 aliphatic heterocycles. The Balaban J connectivity index is 1.75. The molecule has 6 heteroatoms. The summed E-state index contributed by atoms with van der Waals surface area (Å²) in [7, 11) is 0. The number of carbonyl (C=O) groups is 2. The van der Waals surface area contributed by atoms with E-state index in [9.17, 15) is 9.59 Å². The average molecular weight is 362 g/mol. The summed E-state index contributed by atoms with van der Waals surface area (Å²) in [5.41, 5.74) is 2.06. The summed E-state index contributed by atoms with van der Waals surface area (Å²) in [6.45, 7) is 2.13. The van der Waals surface area contributed by atoms with Crippen LogP contribution in [0.15, 0.2) is 47.1 Å². The molecule has 0 saturated heterocycles. The SMILES string of the molecule is Cc1ccc(C(=O)NCCC(=O)Nc2ccc(Br)cc2)cn1. The van der Waals surface area contributed by atoms with Crippen LogP contribution in [0.4, 0.5) is 5.69 Å². The highest BCUT2D eigenvalue weighted by molar-refractivity contribution is 9.10. The number of aromatic nitrogens is 1. The first-order valence-electron chi connectivity index (χ1n) is 6.81. The molecule has 0 aliphatic carbocycles. The molecule has 1 aromatic heterocycles. The van der Waals surface area contributed by atoms with Crippen LogP contribution in [0.1, 0.15) is 22.5 Å². The van der Waals surface area contributed by atoms with Gasteiger partial charge in [0.05, 0.1) is 5.56 Å². The molecule has 0 atom stereocenters. The molecule has 114 valence electrons. The number of halogens is 1. The van der Waals surface area contributed by atoms with E-state index >= 15 is 0 Å². The molecule has 1 heterocycles. The summed E-state index contributed by atoms with van der Waals surface area (Å²) in [6.07, 6.45) is 1.73. The lowest BCUT2D eigenvalue weighted by Crippen LogP contribution is -2.27. The molecule has 22 heavy (non-hydrogen) atoms. The summed E-state index contributed by atoms with van der Waals surface area (Å²) < 4.78 is 0.949. The highest BCUT2D eigenvalue weighted by Gasteiger charge is 2.07. The Hall–Kier alpha value is -2.21. The first kappa shape index (κ1) is 16.2. The molecule has 0 aliphatic rings. The fourth-order valence-corrected chi connectivity index (χ4v) is 2.01. The number of amides is 2. The Morgan fingerprint density at radius 2 is 1.86 bits per heavy atom. The first-order chi connectivity index (χ1) is 10.5. The zero-order valence-corrected chi connectivity index (χ0v) is 13.7. The third kappa shape index (κ3) is 4.96. The monoisotopic (exact) mass is 361 g/mol. The van der Waals surface area contributed by atoms with Gasteiger partial charge in [-0.15, -0.1) is 0 Å². The third-order valence-electron chi connectivity index (χ3n) is 2.94. The van der Waals surface area contributed by atoms with Crippen molar-refractivity contribution in [3.05, 3.63) is 58.3 Å². The van der Waals surface area contributed by atoms with Gasteiger partial charge in [-0.25, -0.2) is 0 Å². The minimum atomic E-state index is -0.232. The van der Waals surface area contributed by atoms with Crippen LogP contribution in [-0.4, -0.2) is 23.3 Å². The van der Waals surface area contributed by atoms with E-state index < -0.39 is 0 Å². The standard InChI is InChI=1S/C16H16BrN3O2/c1-11-2-3-12(10-19-11)16(22)18-9-8-15(21)20-14-6-4-13(17)5-7-14/h2-7,10H,8-9H2,1H3,(H,18,22)(H,20,21). The maximum absolute atomic E-state index is 11.8. The topological polar surface area (TPSA) is 71.1 Å². The van der Waals surface area contributed by atoms with Crippen molar-refractivity contribution in [1.29, 1.82) is 0 Å². The molecule has 0 spiro atoms. The molecule has 2 aromatic rings. The zero-order chi connectivity index (χ0) is 15.9. The normalized spacial score (nSPS) is 10.1. The van der Waals surface area contributed by atoms with Gasteiger partial charge in [-0.2, -0.15) is 0 Å². The van der Waals surface area contributed by atoms with Gasteiger partial charge in [-0.05, 0) is 43.3 Å². The summed E-state index contributed by atoms with van der Waals surface area (Å²) >= 11 is 3.33. The van der Waals surface area contributed by atoms with Gasteiger partial charge in [-0.3, -0.25) is 14.6 Å². The number of nitrogens with zero attached hydrogens (tertiary/aromatic N) is 1. The maximum Gasteiger partial charge on any atom is 0.252 e. The van der Waals surface area contributed by atoms with E-state index in [1.165, 1.54) is 6.20 Å². The summed E-state index contributed by atoms with van der Waals surface area (Å²) in [5.74, 6) is -0.381. The van der Waals surface area contributed by atoms with Crippen LogP contribution >= 0.6 is 15.9 Å². The average Bonchev–Trinajstić information content (AvgIpc) is 2.50. The zero-order valence-electron chi connectivity index (χ0n) is 12.1. The minimum Gasteiger partial charge on any atom is -0.351 e. The Morgan fingerprint density at radius 3 is 2.50 bits per heavy atom. The van der Waals surface area contributed by atoms with Crippen LogP contribution in [-0.2, 0) is 4.79 Å². The number of hydrogen-bond acceptors (Lipinski definition) is 3. The lowest BCUT2D eigenvalue weighted by atomic mass is 10.2. The Bertz CT molecular complexity index is 654. The second-order valence-electron chi connectivity index (χ2n) is 4.75. The number of hydrogen-bond donors (Lipinski definition) is 2. The molecule has 2 rings (SSSR count). The molecule has 0 unspecified atom stereocenters. The fourth-order valence-electron chi connectivity index (χ4n) is 1.75. The van der Waals surface area contributed by atoms with Gasteiger partial charge in [0.15, 0.2) is 0 Å². The predicted molar refractivity (Wildman–Crippen MR) is 88.7 cm³/mol. The quantitative estimate of drug-likeness (QED) is 0.859. The summed E-state index contributed by atoms with van der Waals surface area (Å²) in [4.78, 5) is 27.7. The van der Waals surface area contributed by atoms with E-state index in [4.69, 9.17) is 0 Å². The van der Waals surface area contributed by atoms with Crippen molar-refractivity contribution in [2.75, 3.05) is 11.9 Å². The van der Waals surface area contributed by atoms with E-state index in [1.54, 1.807) is 24.3 Å². The molecule has 0 fully saturated rings. The number of pyridine rings is 1. The molecule has 0 radical (unpaired) electrons. The van der Waals surface area contributed by atoms with E-state index in [0.717, 1.165) is 15.9 Å². The lowest BCUT2D eigenvalue weighted by molar-refractivity contribution is -0.116. The molecule has 1 aromatic carbocycles. The second kappa shape index (κ2) is 7.70. The van der Waals surface area contributed by atoms with Gasteiger partial charge in [0.2, 0.25) is 5.91 Å². The lowest BCUT2D eigenvalue weighted by Gasteiger charge is -2.07. The third-order valence-corrected chi connectivity index (χ3v) is 3.47. The number of nitrogens with one attached hydrogen (secondary N) is 2. The summed E-state index contributed by atoms with van der Waals surface area (Å²) in [6, 6.07) is 10.8. The Kier molecular flexibility index (Phi) is 5.66. The molecular weight excluding hydrogens is 346 g/mol. The molecule has 2 N–H and O–H groups in total. The van der Waals surface area contributed by atoms with E-state index in [0.29, 0.717) is 5.56 Å². The van der Waals surface area contributed by atoms with Crippen LogP contribution in [0.3, 0.4) is 0 Å². The van der Waals surface area contributed by atoms with Crippen molar-refractivity contribution in [2.45, 2.75) is 13.3 Å². The highest BCUT2D eigenvalue weighted by atomic mass is 79.9. The smallest absolute Gasteiger partial charge is 0.252 e. The van der Waals surface area contributed by atoms with E-state index in [2.05, 4.69) is 31.5 Å². The highest BCUT2D eigenvalue weighted by Crippen LogP contribution is 2.14. The van der Waals surface area contributed by atoms with Crippen molar-refractivity contribution in [3.8, 4) is 0 Å². The predicted octanol–water partition coefficient (Wildman–Crippen LogP) is 2.91. The van der Waals surface area contributed by atoms with Crippen LogP contribution in [0, 0.1) is 6.92 Å². The van der Waals surface area contributed by atoms with Crippen LogP contribution in [0.2, 0.25) is 0 Å².